The van der Waals surface area contributed by atoms with Crippen molar-refractivity contribution >= 4 is 29.1 Å². The Morgan fingerprint density at radius 1 is 1.05 bits per heavy atom. The van der Waals surface area contributed by atoms with E-state index < -0.39 is 23.6 Å². The number of esters is 1. The number of fused-ring (bicyclic) bond motifs is 1. The van der Waals surface area contributed by atoms with Crippen LogP contribution in [-0.2, 0) is 16.1 Å². The fourth-order valence-corrected chi connectivity index (χ4v) is 5.91. The van der Waals surface area contributed by atoms with E-state index in [1.54, 1.807) is 31.2 Å². The van der Waals surface area contributed by atoms with Crippen molar-refractivity contribution in [2.24, 2.45) is 4.99 Å². The highest BCUT2D eigenvalue weighted by atomic mass is 32.1. The minimum Gasteiger partial charge on any atom is -0.496 e. The van der Waals surface area contributed by atoms with E-state index in [-0.39, 0.29) is 23.5 Å². The maximum atomic E-state index is 14.1. The summed E-state index contributed by atoms with van der Waals surface area (Å²) in [5, 5.41) is 0. The number of carbonyl (C=O) groups excluding carboxylic acids is 1. The first kappa shape index (κ1) is 29.7. The molecule has 0 aliphatic carbocycles. The van der Waals surface area contributed by atoms with Gasteiger partial charge in [0.15, 0.2) is 16.4 Å². The molecule has 5 rings (SSSR count). The Bertz CT molecular complexity index is 1910. The van der Waals surface area contributed by atoms with Gasteiger partial charge in [-0.1, -0.05) is 29.5 Å². The molecule has 11 heteroatoms. The van der Waals surface area contributed by atoms with E-state index in [0.717, 1.165) is 23.4 Å². The van der Waals surface area contributed by atoms with Gasteiger partial charge < -0.3 is 19.1 Å². The van der Waals surface area contributed by atoms with E-state index in [1.807, 2.05) is 43.3 Å². The highest BCUT2D eigenvalue weighted by Crippen LogP contribution is 2.31. The van der Waals surface area contributed by atoms with Gasteiger partial charge in [-0.15, -0.1) is 0 Å². The Labute approximate surface area is 250 Å². The van der Waals surface area contributed by atoms with Crippen LogP contribution in [0, 0.1) is 11.6 Å². The molecule has 1 aromatic heterocycles. The van der Waals surface area contributed by atoms with Gasteiger partial charge in [-0.3, -0.25) is 9.36 Å². The number of hydrogen-bond donors (Lipinski definition) is 0. The smallest absolute Gasteiger partial charge is 0.338 e. The number of aromatic nitrogens is 1. The zero-order chi connectivity index (χ0) is 30.8. The summed E-state index contributed by atoms with van der Waals surface area (Å²) < 4.78 is 45.4. The molecule has 0 spiro atoms. The molecule has 1 aliphatic rings. The molecule has 43 heavy (non-hydrogen) atoms. The number of thiazole rings is 1. The summed E-state index contributed by atoms with van der Waals surface area (Å²) in [6.45, 7) is 1.67. The molecule has 4 aromatic rings. The SMILES string of the molecule is COC(=O)C1=C(C)N=c2sc(=Cc3ccc(OC)c(COc4ccc(F)cc4F)c3)c(=O)n2[C@@H]1c1ccc(N(C)C)cc1. The van der Waals surface area contributed by atoms with Crippen LogP contribution in [0.25, 0.3) is 6.08 Å². The molecule has 0 radical (unpaired) electrons. The van der Waals surface area contributed by atoms with Crippen LogP contribution < -0.4 is 29.3 Å². The Kier molecular flexibility index (Phi) is 8.45. The highest BCUT2D eigenvalue weighted by Gasteiger charge is 2.33. The highest BCUT2D eigenvalue weighted by molar-refractivity contribution is 7.07. The van der Waals surface area contributed by atoms with Crippen LogP contribution in [0.2, 0.25) is 0 Å². The predicted molar refractivity (Wildman–Crippen MR) is 160 cm³/mol. The Balaban J connectivity index is 1.57. The molecule has 8 nitrogen and oxygen atoms in total. The van der Waals surface area contributed by atoms with Gasteiger partial charge in [0, 0.05) is 31.4 Å². The number of ether oxygens (including phenoxy) is 3. The monoisotopic (exact) mass is 605 g/mol. The molecule has 222 valence electrons. The maximum Gasteiger partial charge on any atom is 0.338 e. The third-order valence-electron chi connectivity index (χ3n) is 7.03. The largest absolute Gasteiger partial charge is 0.496 e. The lowest BCUT2D eigenvalue weighted by Crippen LogP contribution is -2.39. The number of nitrogens with zero attached hydrogens (tertiary/aromatic N) is 3. The van der Waals surface area contributed by atoms with Gasteiger partial charge in [-0.25, -0.2) is 18.6 Å². The number of hydrogen-bond acceptors (Lipinski definition) is 8. The van der Waals surface area contributed by atoms with Crippen molar-refractivity contribution in [1.29, 1.82) is 0 Å². The van der Waals surface area contributed by atoms with Crippen molar-refractivity contribution in [2.45, 2.75) is 19.6 Å². The average Bonchev–Trinajstić information content (AvgIpc) is 3.29. The number of anilines is 1. The molecular weight excluding hydrogens is 576 g/mol. The topological polar surface area (TPSA) is 82.4 Å². The number of rotatable bonds is 8. The van der Waals surface area contributed by atoms with Crippen molar-refractivity contribution in [3.8, 4) is 11.5 Å². The lowest BCUT2D eigenvalue weighted by Gasteiger charge is -2.25. The lowest BCUT2D eigenvalue weighted by atomic mass is 9.95. The molecule has 1 atom stereocenters. The van der Waals surface area contributed by atoms with Gasteiger partial charge in [0.25, 0.3) is 5.56 Å². The van der Waals surface area contributed by atoms with E-state index in [4.69, 9.17) is 14.2 Å². The second-order valence-electron chi connectivity index (χ2n) is 9.99. The number of benzene rings is 3. The van der Waals surface area contributed by atoms with E-state index in [2.05, 4.69) is 4.99 Å². The second-order valence-corrected chi connectivity index (χ2v) is 11.0. The van der Waals surface area contributed by atoms with E-state index in [1.165, 1.54) is 36.2 Å². The summed E-state index contributed by atoms with van der Waals surface area (Å²) in [5.41, 5.74) is 3.41. The number of carbonyl (C=O) groups is 1. The molecule has 0 fully saturated rings. The molecule has 0 bridgehead atoms. The first-order chi connectivity index (χ1) is 20.6. The van der Waals surface area contributed by atoms with Gasteiger partial charge in [-0.05, 0) is 60.5 Å². The first-order valence-corrected chi connectivity index (χ1v) is 14.1. The van der Waals surface area contributed by atoms with Crippen LogP contribution in [-0.4, -0.2) is 38.9 Å². The summed E-state index contributed by atoms with van der Waals surface area (Å²) in [6, 6.07) is 15.2. The van der Waals surface area contributed by atoms with Crippen LogP contribution in [0.15, 0.2) is 81.7 Å². The van der Waals surface area contributed by atoms with Crippen LogP contribution >= 0.6 is 11.3 Å². The third-order valence-corrected chi connectivity index (χ3v) is 8.01. The van der Waals surface area contributed by atoms with Gasteiger partial charge in [0.2, 0.25) is 0 Å². The summed E-state index contributed by atoms with van der Waals surface area (Å²) in [6.07, 6.45) is 1.72. The minimum absolute atomic E-state index is 0.0563. The summed E-state index contributed by atoms with van der Waals surface area (Å²) in [5.74, 6) is -1.68. The standard InChI is InChI=1S/C32H29F2N3O5S/c1-18-28(31(39)41-5)29(20-7-10-23(11-8-20)36(2)3)37-30(38)27(43-32(37)35-18)15-19-6-12-25(40-4)21(14-19)17-42-26-13-9-22(33)16-24(26)34/h6-16,29H,17H2,1-5H3/t29-/m1/s1. The zero-order valence-electron chi connectivity index (χ0n) is 24.2. The van der Waals surface area contributed by atoms with Crippen LogP contribution in [0.3, 0.4) is 0 Å². The number of allylic oxidation sites excluding steroid dienone is 1. The first-order valence-electron chi connectivity index (χ1n) is 13.2. The third kappa shape index (κ3) is 5.94. The molecule has 0 unspecified atom stereocenters. The average molecular weight is 606 g/mol. The quantitative estimate of drug-likeness (QED) is 0.278. The second kappa shape index (κ2) is 12.2. The van der Waals surface area contributed by atoms with E-state index in [0.29, 0.717) is 31.9 Å². The summed E-state index contributed by atoms with van der Waals surface area (Å²) in [4.78, 5) is 33.8. The van der Waals surface area contributed by atoms with Crippen molar-refractivity contribution in [2.75, 3.05) is 33.2 Å². The molecule has 0 saturated carbocycles. The van der Waals surface area contributed by atoms with Crippen LogP contribution in [0.1, 0.15) is 29.7 Å². The molecule has 0 N–H and O–H groups in total. The lowest BCUT2D eigenvalue weighted by molar-refractivity contribution is -0.136. The fourth-order valence-electron chi connectivity index (χ4n) is 4.86. The predicted octanol–water partition coefficient (Wildman–Crippen LogP) is 4.34. The van der Waals surface area contributed by atoms with Crippen molar-refractivity contribution in [1.82, 2.24) is 4.57 Å². The molecule has 0 amide bonds. The van der Waals surface area contributed by atoms with Crippen molar-refractivity contribution in [3.63, 3.8) is 0 Å². The van der Waals surface area contributed by atoms with Crippen LogP contribution in [0.4, 0.5) is 14.5 Å². The summed E-state index contributed by atoms with van der Waals surface area (Å²) >= 11 is 1.20. The van der Waals surface area contributed by atoms with E-state index in [9.17, 15) is 18.4 Å². The molecule has 1 aliphatic heterocycles. The van der Waals surface area contributed by atoms with Gasteiger partial charge in [-0.2, -0.15) is 0 Å². The Morgan fingerprint density at radius 2 is 1.77 bits per heavy atom. The molecule has 2 heterocycles. The number of methoxy groups -OCH3 is 2. The maximum absolute atomic E-state index is 14.1. The van der Waals surface area contributed by atoms with Gasteiger partial charge in [0.1, 0.15) is 18.2 Å². The number of halogens is 2. The molecular formula is C32H29F2N3O5S. The fraction of sp³-hybridized carbons (Fsp3) is 0.219. The normalized spacial score (nSPS) is 14.7. The Morgan fingerprint density at radius 3 is 2.42 bits per heavy atom. The Hall–Kier alpha value is -4.77. The van der Waals surface area contributed by atoms with Gasteiger partial charge >= 0.3 is 5.97 Å². The molecule has 3 aromatic carbocycles. The van der Waals surface area contributed by atoms with Crippen LogP contribution in [0.5, 0.6) is 11.5 Å². The van der Waals surface area contributed by atoms with E-state index >= 15 is 0 Å². The van der Waals surface area contributed by atoms with Gasteiger partial charge in [0.05, 0.1) is 36.1 Å². The molecule has 0 saturated heterocycles. The van der Waals surface area contributed by atoms with Crippen molar-refractivity contribution < 1.29 is 27.8 Å². The summed E-state index contributed by atoms with van der Waals surface area (Å²) in [7, 11) is 6.66. The minimum atomic E-state index is -0.816. The van der Waals surface area contributed by atoms with Crippen molar-refractivity contribution in [3.05, 3.63) is 120 Å². The zero-order valence-corrected chi connectivity index (χ0v) is 25.0.